The number of aryl methyl sites for hydroxylation is 1. The number of rotatable bonds is 7. The Morgan fingerprint density at radius 1 is 1.13 bits per heavy atom. The van der Waals surface area contributed by atoms with E-state index in [9.17, 15) is 4.79 Å². The molecule has 0 aliphatic heterocycles. The summed E-state index contributed by atoms with van der Waals surface area (Å²) in [6, 6.07) is 15.9. The fourth-order valence-electron chi connectivity index (χ4n) is 2.12. The van der Waals surface area contributed by atoms with Crippen LogP contribution in [0.5, 0.6) is 5.75 Å². The number of carbonyl (C=O) groups excluding carboxylic acids is 1. The maximum absolute atomic E-state index is 12.1. The Kier molecular flexibility index (Phi) is 6.53. The van der Waals surface area contributed by atoms with Gasteiger partial charge in [-0.25, -0.2) is 0 Å². The predicted octanol–water partition coefficient (Wildman–Crippen LogP) is 3.98. The zero-order valence-electron chi connectivity index (χ0n) is 13.8. The second-order valence-electron chi connectivity index (χ2n) is 5.41. The molecule has 0 saturated heterocycles. The highest BCUT2D eigenvalue weighted by Gasteiger charge is 2.13. The van der Waals surface area contributed by atoms with Crippen LogP contribution < -0.4 is 10.1 Å². The van der Waals surface area contributed by atoms with Gasteiger partial charge in [-0.1, -0.05) is 30.3 Å². The summed E-state index contributed by atoms with van der Waals surface area (Å²) in [5, 5.41) is 2.80. The Morgan fingerprint density at radius 2 is 1.87 bits per heavy atom. The van der Waals surface area contributed by atoms with Crippen LogP contribution in [0.25, 0.3) is 0 Å². The minimum absolute atomic E-state index is 0.0309. The van der Waals surface area contributed by atoms with Crippen molar-refractivity contribution in [3.05, 3.63) is 59.7 Å². The molecule has 0 unspecified atom stereocenters. The van der Waals surface area contributed by atoms with Gasteiger partial charge in [-0.15, -0.1) is 11.8 Å². The van der Waals surface area contributed by atoms with Gasteiger partial charge in [-0.2, -0.15) is 0 Å². The molecule has 0 radical (unpaired) electrons. The van der Waals surface area contributed by atoms with Gasteiger partial charge >= 0.3 is 0 Å². The van der Waals surface area contributed by atoms with E-state index in [1.807, 2.05) is 56.3 Å². The van der Waals surface area contributed by atoms with Gasteiger partial charge in [0.1, 0.15) is 12.4 Å². The van der Waals surface area contributed by atoms with Crippen molar-refractivity contribution in [2.45, 2.75) is 30.9 Å². The van der Waals surface area contributed by atoms with Crippen molar-refractivity contribution in [3.63, 3.8) is 0 Å². The molecule has 0 spiro atoms. The Bertz CT molecular complexity index is 643. The van der Waals surface area contributed by atoms with Crippen molar-refractivity contribution in [2.24, 2.45) is 0 Å². The van der Waals surface area contributed by atoms with E-state index in [4.69, 9.17) is 4.74 Å². The van der Waals surface area contributed by atoms with Crippen molar-refractivity contribution in [1.82, 2.24) is 5.32 Å². The average Bonchev–Trinajstić information content (AvgIpc) is 2.56. The largest absolute Gasteiger partial charge is 0.491 e. The number of amides is 1. The van der Waals surface area contributed by atoms with Crippen LogP contribution in [0.2, 0.25) is 0 Å². The maximum atomic E-state index is 12.1. The van der Waals surface area contributed by atoms with E-state index in [0.717, 1.165) is 16.2 Å². The molecule has 0 aliphatic rings. The quantitative estimate of drug-likeness (QED) is 0.617. The number of carbonyl (C=O) groups is 1. The summed E-state index contributed by atoms with van der Waals surface area (Å²) in [7, 11) is 0. The van der Waals surface area contributed by atoms with Gasteiger partial charge in [0.2, 0.25) is 5.91 Å². The van der Waals surface area contributed by atoms with Gasteiger partial charge < -0.3 is 10.1 Å². The van der Waals surface area contributed by atoms with Crippen LogP contribution in [0.15, 0.2) is 53.4 Å². The molecule has 23 heavy (non-hydrogen) atoms. The lowest BCUT2D eigenvalue weighted by Crippen LogP contribution is -2.34. The molecule has 1 amide bonds. The Balaban J connectivity index is 1.73. The molecule has 3 nitrogen and oxygen atoms in total. The van der Waals surface area contributed by atoms with Crippen LogP contribution in [0.3, 0.4) is 0 Å². The molecule has 1 atom stereocenters. The molecule has 2 rings (SSSR count). The van der Waals surface area contributed by atoms with Crippen LogP contribution in [-0.4, -0.2) is 24.3 Å². The first-order chi connectivity index (χ1) is 11.1. The van der Waals surface area contributed by atoms with E-state index >= 15 is 0 Å². The summed E-state index contributed by atoms with van der Waals surface area (Å²) in [6.45, 7) is 7.00. The lowest BCUT2D eigenvalue weighted by Gasteiger charge is -2.14. The maximum Gasteiger partial charge on any atom is 0.233 e. The van der Waals surface area contributed by atoms with Crippen LogP contribution >= 0.6 is 11.8 Å². The molecule has 0 aromatic heterocycles. The third-order valence-electron chi connectivity index (χ3n) is 3.64. The Morgan fingerprint density at radius 3 is 2.61 bits per heavy atom. The van der Waals surface area contributed by atoms with E-state index in [2.05, 4.69) is 18.3 Å². The molecule has 2 aromatic rings. The van der Waals surface area contributed by atoms with E-state index in [0.29, 0.717) is 13.2 Å². The Labute approximate surface area is 142 Å². The highest BCUT2D eigenvalue weighted by molar-refractivity contribution is 8.00. The second kappa shape index (κ2) is 8.63. The number of ether oxygens (including phenoxy) is 1. The standard InChI is InChI=1S/C19H23NO2S/c1-14-8-7-11-18(15(14)2)22-13-12-20-19(21)16(3)23-17-9-5-4-6-10-17/h4-11,16H,12-13H2,1-3H3,(H,20,21)/t16-/m1/s1. The molecular formula is C19H23NO2S. The van der Waals surface area contributed by atoms with Crippen LogP contribution in [0.1, 0.15) is 18.1 Å². The predicted molar refractivity (Wildman–Crippen MR) is 96.2 cm³/mol. The summed E-state index contributed by atoms with van der Waals surface area (Å²) in [5.74, 6) is 0.911. The third kappa shape index (κ3) is 5.32. The van der Waals surface area contributed by atoms with Crippen molar-refractivity contribution in [2.75, 3.05) is 13.2 Å². The normalized spacial score (nSPS) is 11.8. The van der Waals surface area contributed by atoms with Crippen molar-refractivity contribution in [3.8, 4) is 5.75 Å². The zero-order chi connectivity index (χ0) is 16.7. The molecule has 122 valence electrons. The SMILES string of the molecule is Cc1cccc(OCCNC(=O)[C@@H](C)Sc2ccccc2)c1C. The van der Waals surface area contributed by atoms with Gasteiger partial charge in [-0.3, -0.25) is 4.79 Å². The first-order valence-electron chi connectivity index (χ1n) is 7.76. The van der Waals surface area contributed by atoms with Gasteiger partial charge in [0.15, 0.2) is 0 Å². The number of hydrogen-bond donors (Lipinski definition) is 1. The monoisotopic (exact) mass is 329 g/mol. The molecule has 0 fully saturated rings. The molecule has 0 heterocycles. The summed E-state index contributed by atoms with van der Waals surface area (Å²) in [4.78, 5) is 13.2. The molecule has 1 N–H and O–H groups in total. The second-order valence-corrected chi connectivity index (χ2v) is 6.82. The molecule has 4 heteroatoms. The van der Waals surface area contributed by atoms with E-state index in [-0.39, 0.29) is 11.2 Å². The topological polar surface area (TPSA) is 38.3 Å². The van der Waals surface area contributed by atoms with Crippen LogP contribution in [-0.2, 0) is 4.79 Å². The number of nitrogens with one attached hydrogen (secondary N) is 1. The van der Waals surface area contributed by atoms with Gasteiger partial charge in [0, 0.05) is 4.90 Å². The summed E-state index contributed by atoms with van der Waals surface area (Å²) >= 11 is 1.56. The molecular weight excluding hydrogens is 306 g/mol. The summed E-state index contributed by atoms with van der Waals surface area (Å²) in [6.07, 6.45) is 0. The molecule has 0 saturated carbocycles. The molecule has 0 bridgehead atoms. The third-order valence-corrected chi connectivity index (χ3v) is 4.75. The van der Waals surface area contributed by atoms with Crippen molar-refractivity contribution < 1.29 is 9.53 Å². The van der Waals surface area contributed by atoms with E-state index < -0.39 is 0 Å². The average molecular weight is 329 g/mol. The first-order valence-corrected chi connectivity index (χ1v) is 8.64. The smallest absolute Gasteiger partial charge is 0.233 e. The lowest BCUT2D eigenvalue weighted by atomic mass is 10.1. The number of hydrogen-bond acceptors (Lipinski definition) is 3. The first kappa shape index (κ1) is 17.4. The van der Waals surface area contributed by atoms with Crippen molar-refractivity contribution >= 4 is 17.7 Å². The van der Waals surface area contributed by atoms with E-state index in [1.165, 1.54) is 5.56 Å². The minimum Gasteiger partial charge on any atom is -0.491 e. The fraction of sp³-hybridized carbons (Fsp3) is 0.316. The van der Waals surface area contributed by atoms with Crippen LogP contribution in [0.4, 0.5) is 0 Å². The molecule has 0 aliphatic carbocycles. The fourth-order valence-corrected chi connectivity index (χ4v) is 3.03. The lowest BCUT2D eigenvalue weighted by molar-refractivity contribution is -0.120. The highest BCUT2D eigenvalue weighted by Crippen LogP contribution is 2.22. The van der Waals surface area contributed by atoms with Gasteiger partial charge in [-0.05, 0) is 50.1 Å². The minimum atomic E-state index is -0.127. The van der Waals surface area contributed by atoms with Crippen molar-refractivity contribution in [1.29, 1.82) is 0 Å². The number of benzene rings is 2. The van der Waals surface area contributed by atoms with Gasteiger partial charge in [0.25, 0.3) is 0 Å². The molecule has 2 aromatic carbocycles. The van der Waals surface area contributed by atoms with Crippen LogP contribution in [0, 0.1) is 13.8 Å². The summed E-state index contributed by atoms with van der Waals surface area (Å²) < 4.78 is 5.74. The highest BCUT2D eigenvalue weighted by atomic mass is 32.2. The zero-order valence-corrected chi connectivity index (χ0v) is 14.7. The van der Waals surface area contributed by atoms with Gasteiger partial charge in [0.05, 0.1) is 11.8 Å². The van der Waals surface area contributed by atoms with E-state index in [1.54, 1.807) is 11.8 Å². The summed E-state index contributed by atoms with van der Waals surface area (Å²) in [5.41, 5.74) is 2.35. The Hall–Kier alpha value is -1.94. The number of thioether (sulfide) groups is 1.